The molecule has 0 amide bonds. The minimum Gasteiger partial charge on any atom is -0.468 e. The van der Waals surface area contributed by atoms with Gasteiger partial charge in [0.2, 0.25) is 0 Å². The van der Waals surface area contributed by atoms with E-state index in [1.54, 1.807) is 12.5 Å². The zero-order valence-electron chi connectivity index (χ0n) is 12.2. The third-order valence-electron chi connectivity index (χ3n) is 2.85. The lowest BCUT2D eigenvalue weighted by Gasteiger charge is -2.19. The molecule has 1 unspecified atom stereocenters. The second-order valence-electron chi connectivity index (χ2n) is 4.73. The van der Waals surface area contributed by atoms with Gasteiger partial charge in [0.15, 0.2) is 0 Å². The number of aryl methyl sites for hydroxylation is 1. The number of rotatable bonds is 8. The Labute approximate surface area is 114 Å². The molecule has 0 saturated heterocycles. The Bertz CT molecular complexity index is 390. The van der Waals surface area contributed by atoms with Gasteiger partial charge in [0, 0.05) is 19.6 Å². The Balaban J connectivity index is 2.77. The van der Waals surface area contributed by atoms with Crippen LogP contribution in [0.5, 0.6) is 0 Å². The molecule has 0 aliphatic carbocycles. The first-order chi connectivity index (χ1) is 9.10. The number of carbonyl (C=O) groups is 1. The van der Waals surface area contributed by atoms with Gasteiger partial charge in [-0.1, -0.05) is 6.92 Å². The van der Waals surface area contributed by atoms with Crippen molar-refractivity contribution in [1.82, 2.24) is 19.8 Å². The minimum atomic E-state index is -0.459. The molecule has 0 bridgehead atoms. The summed E-state index contributed by atoms with van der Waals surface area (Å²) >= 11 is 0. The van der Waals surface area contributed by atoms with Crippen LogP contribution in [0.25, 0.3) is 0 Å². The molecule has 6 heteroatoms. The van der Waals surface area contributed by atoms with Gasteiger partial charge in [-0.15, -0.1) is 0 Å². The molecule has 1 aromatic heterocycles. The van der Waals surface area contributed by atoms with E-state index in [1.165, 1.54) is 7.11 Å². The van der Waals surface area contributed by atoms with Crippen LogP contribution in [0.1, 0.15) is 25.1 Å². The van der Waals surface area contributed by atoms with Crippen molar-refractivity contribution in [2.24, 2.45) is 0 Å². The molecule has 0 radical (unpaired) electrons. The monoisotopic (exact) mass is 268 g/mol. The molecule has 19 heavy (non-hydrogen) atoms. The summed E-state index contributed by atoms with van der Waals surface area (Å²) in [6, 6.07) is -0.459. The highest BCUT2D eigenvalue weighted by atomic mass is 16.5. The summed E-state index contributed by atoms with van der Waals surface area (Å²) in [5.41, 5.74) is 0.854. The highest BCUT2D eigenvalue weighted by Crippen LogP contribution is 2.14. The summed E-state index contributed by atoms with van der Waals surface area (Å²) < 4.78 is 6.86. The van der Waals surface area contributed by atoms with Gasteiger partial charge < -0.3 is 14.2 Å². The summed E-state index contributed by atoms with van der Waals surface area (Å²) in [5.74, 6) is -0.281. The lowest BCUT2D eigenvalue weighted by atomic mass is 10.2. The molecule has 0 spiro atoms. The molecule has 0 aliphatic heterocycles. The van der Waals surface area contributed by atoms with E-state index in [2.05, 4.69) is 22.1 Å². The fourth-order valence-electron chi connectivity index (χ4n) is 1.86. The number of nitrogens with one attached hydrogen (secondary N) is 1. The minimum absolute atomic E-state index is 0.281. The Kier molecular flexibility index (Phi) is 6.52. The van der Waals surface area contributed by atoms with Gasteiger partial charge >= 0.3 is 5.97 Å². The number of hydrogen-bond donors (Lipinski definition) is 1. The Morgan fingerprint density at radius 2 is 2.32 bits per heavy atom. The molecule has 0 fully saturated rings. The number of methoxy groups -OCH3 is 1. The molecule has 0 saturated carbocycles. The SMILES string of the molecule is CCCn1cncc1C(NCCN(C)C)C(=O)OC. The van der Waals surface area contributed by atoms with Gasteiger partial charge in [-0.2, -0.15) is 0 Å². The number of ether oxygens (including phenoxy) is 1. The normalized spacial score (nSPS) is 12.7. The molecule has 0 aliphatic rings. The molecule has 1 N–H and O–H groups in total. The standard InChI is InChI=1S/C13H24N4O2/c1-5-7-17-10-14-9-11(17)12(13(18)19-4)15-6-8-16(2)3/h9-10,12,15H,5-8H2,1-4H3. The number of hydrogen-bond acceptors (Lipinski definition) is 5. The molecule has 0 aromatic carbocycles. The highest BCUT2D eigenvalue weighted by molar-refractivity contribution is 5.76. The molecule has 1 atom stereocenters. The molecule has 6 nitrogen and oxygen atoms in total. The van der Waals surface area contributed by atoms with E-state index in [0.29, 0.717) is 6.54 Å². The predicted molar refractivity (Wildman–Crippen MR) is 73.8 cm³/mol. The third kappa shape index (κ3) is 4.65. The third-order valence-corrected chi connectivity index (χ3v) is 2.85. The van der Waals surface area contributed by atoms with Gasteiger partial charge in [0.05, 0.1) is 25.3 Å². The van der Waals surface area contributed by atoms with Gasteiger partial charge in [-0.05, 0) is 20.5 Å². The maximum Gasteiger partial charge on any atom is 0.329 e. The fraction of sp³-hybridized carbons (Fsp3) is 0.692. The van der Waals surface area contributed by atoms with Crippen molar-refractivity contribution in [3.8, 4) is 0 Å². The molecule has 1 heterocycles. The second-order valence-corrected chi connectivity index (χ2v) is 4.73. The number of imidazole rings is 1. The van der Waals surface area contributed by atoms with E-state index in [1.807, 2.05) is 18.7 Å². The molecular formula is C13H24N4O2. The van der Waals surface area contributed by atoms with Crippen molar-refractivity contribution >= 4 is 5.97 Å². The maximum absolute atomic E-state index is 11.9. The molecule has 1 rings (SSSR count). The molecule has 108 valence electrons. The van der Waals surface area contributed by atoms with E-state index in [0.717, 1.165) is 25.2 Å². The van der Waals surface area contributed by atoms with E-state index < -0.39 is 6.04 Å². The highest BCUT2D eigenvalue weighted by Gasteiger charge is 2.24. The van der Waals surface area contributed by atoms with Crippen LogP contribution in [0.3, 0.4) is 0 Å². The van der Waals surface area contributed by atoms with Gasteiger partial charge in [0.25, 0.3) is 0 Å². The van der Waals surface area contributed by atoms with Crippen LogP contribution < -0.4 is 5.32 Å². The summed E-state index contributed by atoms with van der Waals surface area (Å²) in [6.45, 7) is 4.51. The van der Waals surface area contributed by atoms with Crippen molar-refractivity contribution in [1.29, 1.82) is 0 Å². The lowest BCUT2D eigenvalue weighted by Crippen LogP contribution is -2.35. The first-order valence-electron chi connectivity index (χ1n) is 6.56. The smallest absolute Gasteiger partial charge is 0.329 e. The number of likely N-dealkylation sites (N-methyl/N-ethyl adjacent to an activating group) is 1. The molecule has 1 aromatic rings. The van der Waals surface area contributed by atoms with Crippen molar-refractivity contribution in [2.75, 3.05) is 34.3 Å². The zero-order chi connectivity index (χ0) is 14.3. The van der Waals surface area contributed by atoms with E-state index in [-0.39, 0.29) is 5.97 Å². The lowest BCUT2D eigenvalue weighted by molar-refractivity contribution is -0.143. The van der Waals surface area contributed by atoms with Crippen LogP contribution in [0.2, 0.25) is 0 Å². The van der Waals surface area contributed by atoms with Crippen LogP contribution in [0.15, 0.2) is 12.5 Å². The first kappa shape index (κ1) is 15.7. The predicted octanol–water partition coefficient (Wildman–Crippen LogP) is 0.658. The summed E-state index contributed by atoms with van der Waals surface area (Å²) in [5, 5.41) is 3.23. The summed E-state index contributed by atoms with van der Waals surface area (Å²) in [4.78, 5) is 18.1. The van der Waals surface area contributed by atoms with Gasteiger partial charge in [-0.3, -0.25) is 5.32 Å². The van der Waals surface area contributed by atoms with Crippen LogP contribution in [0, 0.1) is 0 Å². The number of aromatic nitrogens is 2. The van der Waals surface area contributed by atoms with E-state index in [9.17, 15) is 4.79 Å². The van der Waals surface area contributed by atoms with Crippen molar-refractivity contribution in [3.63, 3.8) is 0 Å². The quantitative estimate of drug-likeness (QED) is 0.702. The fourth-order valence-corrected chi connectivity index (χ4v) is 1.86. The van der Waals surface area contributed by atoms with Crippen molar-refractivity contribution in [2.45, 2.75) is 25.9 Å². The Morgan fingerprint density at radius 3 is 2.89 bits per heavy atom. The van der Waals surface area contributed by atoms with E-state index >= 15 is 0 Å². The van der Waals surface area contributed by atoms with Crippen molar-refractivity contribution < 1.29 is 9.53 Å². The summed E-state index contributed by atoms with van der Waals surface area (Å²) in [6.07, 6.45) is 4.47. The topological polar surface area (TPSA) is 59.4 Å². The first-order valence-corrected chi connectivity index (χ1v) is 6.56. The average Bonchev–Trinajstić information content (AvgIpc) is 2.82. The van der Waals surface area contributed by atoms with Crippen molar-refractivity contribution in [3.05, 3.63) is 18.2 Å². The number of carbonyl (C=O) groups excluding carboxylic acids is 1. The summed E-state index contributed by atoms with van der Waals surface area (Å²) in [7, 11) is 5.40. The van der Waals surface area contributed by atoms with Gasteiger partial charge in [-0.25, -0.2) is 9.78 Å². The van der Waals surface area contributed by atoms with Crippen LogP contribution in [0.4, 0.5) is 0 Å². The average molecular weight is 268 g/mol. The zero-order valence-corrected chi connectivity index (χ0v) is 12.2. The Morgan fingerprint density at radius 1 is 1.58 bits per heavy atom. The van der Waals surface area contributed by atoms with Gasteiger partial charge in [0.1, 0.15) is 6.04 Å². The second kappa shape index (κ2) is 7.91. The maximum atomic E-state index is 11.9. The van der Waals surface area contributed by atoms with Crippen LogP contribution >= 0.6 is 0 Å². The van der Waals surface area contributed by atoms with Crippen LogP contribution in [-0.4, -0.2) is 54.7 Å². The number of nitrogens with zero attached hydrogens (tertiary/aromatic N) is 3. The largest absolute Gasteiger partial charge is 0.468 e. The Hall–Kier alpha value is -1.40. The number of esters is 1. The van der Waals surface area contributed by atoms with Crippen LogP contribution in [-0.2, 0) is 16.1 Å². The van der Waals surface area contributed by atoms with E-state index in [4.69, 9.17) is 4.74 Å². The molecular weight excluding hydrogens is 244 g/mol.